The van der Waals surface area contributed by atoms with E-state index in [0.717, 1.165) is 5.56 Å². The second-order valence-electron chi connectivity index (χ2n) is 7.61. The summed E-state index contributed by atoms with van der Waals surface area (Å²) in [5.41, 5.74) is 1.68. The summed E-state index contributed by atoms with van der Waals surface area (Å²) in [5.74, 6) is 0. The Bertz CT molecular complexity index is 481. The van der Waals surface area contributed by atoms with Gasteiger partial charge in [0.25, 0.3) is 0 Å². The molecule has 1 amide bonds. The van der Waals surface area contributed by atoms with Crippen LogP contribution in [-0.2, 0) is 10.2 Å². The van der Waals surface area contributed by atoms with Crippen molar-refractivity contribution < 1.29 is 14.6 Å². The van der Waals surface area contributed by atoms with Crippen molar-refractivity contribution in [2.45, 2.75) is 65.1 Å². The molecule has 0 aliphatic carbocycles. The van der Waals surface area contributed by atoms with Crippen LogP contribution in [0.1, 0.15) is 65.2 Å². The number of nitrogens with one attached hydrogen (secondary N) is 1. The maximum absolute atomic E-state index is 11.5. The third kappa shape index (κ3) is 6.48. The average Bonchev–Trinajstić information content (AvgIpc) is 2.35. The minimum Gasteiger partial charge on any atom is -0.444 e. The molecule has 1 aromatic rings. The van der Waals surface area contributed by atoms with Crippen LogP contribution in [0.3, 0.4) is 0 Å². The quantitative estimate of drug-likeness (QED) is 0.886. The summed E-state index contributed by atoms with van der Waals surface area (Å²) in [6.45, 7) is 12.3. The molecular formula is C18H29NO3. The van der Waals surface area contributed by atoms with Crippen LogP contribution in [0.15, 0.2) is 24.3 Å². The van der Waals surface area contributed by atoms with Gasteiger partial charge >= 0.3 is 6.09 Å². The molecule has 1 unspecified atom stereocenters. The molecular weight excluding hydrogens is 278 g/mol. The Labute approximate surface area is 133 Å². The van der Waals surface area contributed by atoms with Crippen molar-refractivity contribution >= 4 is 6.09 Å². The zero-order valence-electron chi connectivity index (χ0n) is 14.6. The number of rotatable bonds is 4. The average molecular weight is 307 g/mol. The lowest BCUT2D eigenvalue weighted by Gasteiger charge is -2.21. The fourth-order valence-electron chi connectivity index (χ4n) is 2.00. The topological polar surface area (TPSA) is 58.6 Å². The molecule has 0 saturated heterocycles. The maximum atomic E-state index is 11.5. The minimum atomic E-state index is -0.594. The van der Waals surface area contributed by atoms with Gasteiger partial charge in [0, 0.05) is 6.54 Å². The highest BCUT2D eigenvalue weighted by molar-refractivity contribution is 5.67. The first-order valence-corrected chi connectivity index (χ1v) is 7.74. The molecule has 0 aliphatic rings. The van der Waals surface area contributed by atoms with Crippen LogP contribution in [0.5, 0.6) is 0 Å². The molecule has 0 aromatic heterocycles. The largest absolute Gasteiger partial charge is 0.444 e. The van der Waals surface area contributed by atoms with E-state index in [4.69, 9.17) is 4.74 Å². The summed E-state index contributed by atoms with van der Waals surface area (Å²) in [7, 11) is 0. The van der Waals surface area contributed by atoms with E-state index < -0.39 is 17.8 Å². The van der Waals surface area contributed by atoms with E-state index >= 15 is 0 Å². The molecule has 22 heavy (non-hydrogen) atoms. The number of carbonyl (C=O) groups excluding carboxylic acids is 1. The highest BCUT2D eigenvalue weighted by Gasteiger charge is 2.17. The second kappa shape index (κ2) is 7.14. The molecule has 0 bridgehead atoms. The van der Waals surface area contributed by atoms with Crippen molar-refractivity contribution in [3.05, 3.63) is 35.4 Å². The van der Waals surface area contributed by atoms with Gasteiger partial charge in [-0.15, -0.1) is 0 Å². The van der Waals surface area contributed by atoms with Gasteiger partial charge in [0.15, 0.2) is 0 Å². The van der Waals surface area contributed by atoms with Gasteiger partial charge < -0.3 is 15.2 Å². The predicted octanol–water partition coefficient (Wildman–Crippen LogP) is 3.93. The van der Waals surface area contributed by atoms with E-state index in [0.29, 0.717) is 13.0 Å². The maximum Gasteiger partial charge on any atom is 0.407 e. The van der Waals surface area contributed by atoms with Gasteiger partial charge in [0.2, 0.25) is 0 Å². The van der Waals surface area contributed by atoms with Gasteiger partial charge in [-0.05, 0) is 43.7 Å². The van der Waals surface area contributed by atoms with Crippen LogP contribution >= 0.6 is 0 Å². The Morgan fingerprint density at radius 1 is 1.14 bits per heavy atom. The van der Waals surface area contributed by atoms with Crippen LogP contribution in [0, 0.1) is 0 Å². The van der Waals surface area contributed by atoms with Crippen LogP contribution in [0.4, 0.5) is 4.79 Å². The predicted molar refractivity (Wildman–Crippen MR) is 89.0 cm³/mol. The second-order valence-corrected chi connectivity index (χ2v) is 7.61. The van der Waals surface area contributed by atoms with E-state index in [1.807, 2.05) is 45.0 Å². The summed E-state index contributed by atoms with van der Waals surface area (Å²) in [6, 6.07) is 7.97. The Morgan fingerprint density at radius 3 is 2.14 bits per heavy atom. The smallest absolute Gasteiger partial charge is 0.407 e. The molecule has 4 nitrogen and oxygen atoms in total. The highest BCUT2D eigenvalue weighted by Crippen LogP contribution is 2.24. The summed E-state index contributed by atoms with van der Waals surface area (Å²) in [5, 5.41) is 12.8. The summed E-state index contributed by atoms with van der Waals surface area (Å²) in [4.78, 5) is 11.5. The third-order valence-corrected chi connectivity index (χ3v) is 3.25. The van der Waals surface area contributed by atoms with Crippen molar-refractivity contribution in [3.8, 4) is 0 Å². The van der Waals surface area contributed by atoms with Gasteiger partial charge in [0.1, 0.15) is 5.60 Å². The van der Waals surface area contributed by atoms with Crippen LogP contribution < -0.4 is 5.32 Å². The van der Waals surface area contributed by atoms with E-state index in [1.54, 1.807) is 0 Å². The summed E-state index contributed by atoms with van der Waals surface area (Å²) >= 11 is 0. The fraction of sp³-hybridized carbons (Fsp3) is 0.611. The summed E-state index contributed by atoms with van der Waals surface area (Å²) < 4.78 is 5.15. The van der Waals surface area contributed by atoms with Crippen molar-refractivity contribution in [1.29, 1.82) is 0 Å². The van der Waals surface area contributed by atoms with Crippen molar-refractivity contribution in [1.82, 2.24) is 5.32 Å². The number of hydrogen-bond donors (Lipinski definition) is 2. The number of amides is 1. The number of benzene rings is 1. The molecule has 0 heterocycles. The molecule has 0 aliphatic heterocycles. The summed E-state index contributed by atoms with van der Waals surface area (Å²) in [6.07, 6.45) is -0.597. The minimum absolute atomic E-state index is 0.0990. The van der Waals surface area contributed by atoms with Crippen LogP contribution in [-0.4, -0.2) is 23.3 Å². The molecule has 1 aromatic carbocycles. The zero-order chi connectivity index (χ0) is 17.0. The molecule has 0 fully saturated rings. The lowest BCUT2D eigenvalue weighted by atomic mass is 9.86. The Kier molecular flexibility index (Phi) is 6.00. The van der Waals surface area contributed by atoms with Gasteiger partial charge in [-0.25, -0.2) is 4.79 Å². The van der Waals surface area contributed by atoms with Gasteiger partial charge in [-0.2, -0.15) is 0 Å². The van der Waals surface area contributed by atoms with Gasteiger partial charge in [-0.3, -0.25) is 0 Å². The van der Waals surface area contributed by atoms with Crippen molar-refractivity contribution in [2.24, 2.45) is 0 Å². The Balaban J connectivity index is 2.46. The molecule has 1 atom stereocenters. The number of carbonyl (C=O) groups is 1. The molecule has 0 radical (unpaired) electrons. The number of alkyl carbamates (subject to hydrolysis) is 1. The number of aliphatic hydroxyl groups is 1. The van der Waals surface area contributed by atoms with Gasteiger partial charge in [0.05, 0.1) is 6.10 Å². The van der Waals surface area contributed by atoms with Crippen molar-refractivity contribution in [3.63, 3.8) is 0 Å². The van der Waals surface area contributed by atoms with Gasteiger partial charge in [-0.1, -0.05) is 45.0 Å². The Hall–Kier alpha value is -1.55. The molecule has 0 spiro atoms. The first-order chi connectivity index (χ1) is 9.99. The number of hydrogen-bond acceptors (Lipinski definition) is 3. The highest BCUT2D eigenvalue weighted by atomic mass is 16.6. The van der Waals surface area contributed by atoms with Crippen molar-refractivity contribution in [2.75, 3.05) is 6.54 Å². The Morgan fingerprint density at radius 2 is 1.68 bits per heavy atom. The monoisotopic (exact) mass is 307 g/mol. The molecule has 124 valence electrons. The SMILES string of the molecule is CC(C)(C)OC(=O)NCCC(O)c1ccc(C(C)(C)C)cc1. The number of ether oxygens (including phenoxy) is 1. The van der Waals surface area contributed by atoms with E-state index in [2.05, 4.69) is 26.1 Å². The first-order valence-electron chi connectivity index (χ1n) is 7.74. The first kappa shape index (κ1) is 18.5. The van der Waals surface area contributed by atoms with E-state index in [1.165, 1.54) is 5.56 Å². The zero-order valence-corrected chi connectivity index (χ0v) is 14.6. The number of aliphatic hydroxyl groups excluding tert-OH is 1. The lowest BCUT2D eigenvalue weighted by molar-refractivity contribution is 0.0518. The molecule has 0 saturated carbocycles. The normalized spacial score (nSPS) is 13.6. The van der Waals surface area contributed by atoms with Crippen LogP contribution in [0.2, 0.25) is 0 Å². The third-order valence-electron chi connectivity index (χ3n) is 3.25. The van der Waals surface area contributed by atoms with E-state index in [-0.39, 0.29) is 5.41 Å². The molecule has 1 rings (SSSR count). The fourth-order valence-corrected chi connectivity index (χ4v) is 2.00. The lowest BCUT2D eigenvalue weighted by Crippen LogP contribution is -2.33. The molecule has 2 N–H and O–H groups in total. The molecule has 4 heteroatoms. The standard InChI is InChI=1S/C18H29NO3/c1-17(2,3)14-9-7-13(8-10-14)15(20)11-12-19-16(21)22-18(4,5)6/h7-10,15,20H,11-12H2,1-6H3,(H,19,21). The van der Waals surface area contributed by atoms with Crippen LogP contribution in [0.25, 0.3) is 0 Å². The van der Waals surface area contributed by atoms with E-state index in [9.17, 15) is 9.90 Å².